The molecule has 0 saturated carbocycles. The summed E-state index contributed by atoms with van der Waals surface area (Å²) in [5.41, 5.74) is 2.14. The van der Waals surface area contributed by atoms with Gasteiger partial charge < -0.3 is 9.68 Å². The van der Waals surface area contributed by atoms with Crippen molar-refractivity contribution >= 4 is 34.0 Å². The van der Waals surface area contributed by atoms with Crippen LogP contribution >= 0.6 is 0 Å². The first-order valence-electron chi connectivity index (χ1n) is 7.24. The topological polar surface area (TPSA) is 114 Å². The minimum absolute atomic E-state index is 0.506. The molecular formula is C15H10N6O4. The van der Waals surface area contributed by atoms with Gasteiger partial charge in [0.05, 0.1) is 0 Å². The molecule has 25 heavy (non-hydrogen) atoms. The minimum atomic E-state index is -0.843. The van der Waals surface area contributed by atoms with E-state index in [9.17, 15) is 9.59 Å². The first-order valence-corrected chi connectivity index (χ1v) is 7.24. The van der Waals surface area contributed by atoms with Crippen LogP contribution in [-0.2, 0) is 9.59 Å². The lowest BCUT2D eigenvalue weighted by Gasteiger charge is -2.04. The van der Waals surface area contributed by atoms with Crippen LogP contribution in [0, 0.1) is 0 Å². The summed E-state index contributed by atoms with van der Waals surface area (Å²) in [6, 6.07) is 13.9. The number of benzene rings is 2. The van der Waals surface area contributed by atoms with Gasteiger partial charge in [-0.3, -0.25) is 0 Å². The zero-order valence-electron chi connectivity index (χ0n) is 12.6. The van der Waals surface area contributed by atoms with Crippen LogP contribution < -0.4 is 9.68 Å². The molecule has 0 aliphatic carbocycles. The van der Waals surface area contributed by atoms with Crippen LogP contribution in [0.15, 0.2) is 48.5 Å². The molecule has 124 valence electrons. The SMILES string of the molecule is O=C(CC(=O)On1nnc2ccccc21)On1nnc2ccccc21. The fourth-order valence-corrected chi connectivity index (χ4v) is 2.21. The number of para-hydroxylation sites is 2. The third-order valence-corrected chi connectivity index (χ3v) is 3.31. The second-order valence-corrected chi connectivity index (χ2v) is 5.01. The number of hydrogen-bond acceptors (Lipinski definition) is 8. The largest absolute Gasteiger partial charge is 0.346 e. The monoisotopic (exact) mass is 338 g/mol. The molecule has 0 aliphatic rings. The molecule has 0 bridgehead atoms. The summed E-state index contributed by atoms with van der Waals surface area (Å²) in [5.74, 6) is -1.69. The second-order valence-electron chi connectivity index (χ2n) is 5.01. The van der Waals surface area contributed by atoms with Crippen LogP contribution in [0.1, 0.15) is 6.42 Å². The number of carbonyl (C=O) groups is 2. The number of aromatic nitrogens is 6. The highest BCUT2D eigenvalue weighted by atomic mass is 16.7. The zero-order valence-corrected chi connectivity index (χ0v) is 12.6. The number of hydrogen-bond donors (Lipinski definition) is 0. The van der Waals surface area contributed by atoms with Crippen LogP contribution in [0.25, 0.3) is 22.1 Å². The van der Waals surface area contributed by atoms with Crippen molar-refractivity contribution in [2.75, 3.05) is 0 Å². The van der Waals surface area contributed by atoms with Crippen molar-refractivity contribution in [2.24, 2.45) is 0 Å². The van der Waals surface area contributed by atoms with E-state index < -0.39 is 18.4 Å². The molecule has 0 saturated heterocycles. The van der Waals surface area contributed by atoms with Gasteiger partial charge in [-0.25, -0.2) is 9.59 Å². The van der Waals surface area contributed by atoms with E-state index in [2.05, 4.69) is 20.6 Å². The number of nitrogens with zero attached hydrogens (tertiary/aromatic N) is 6. The Labute approximate surface area is 139 Å². The maximum Gasteiger partial charge on any atom is 0.346 e. The maximum absolute atomic E-state index is 11.9. The minimum Gasteiger partial charge on any atom is -0.317 e. The molecule has 4 aromatic rings. The van der Waals surface area contributed by atoms with E-state index in [-0.39, 0.29) is 0 Å². The Kier molecular flexibility index (Phi) is 3.54. The lowest BCUT2D eigenvalue weighted by molar-refractivity contribution is -0.156. The molecule has 10 nitrogen and oxygen atoms in total. The predicted octanol–water partition coefficient (Wildman–Crippen LogP) is 0.177. The van der Waals surface area contributed by atoms with E-state index in [0.29, 0.717) is 22.1 Å². The smallest absolute Gasteiger partial charge is 0.317 e. The van der Waals surface area contributed by atoms with Crippen molar-refractivity contribution in [1.29, 1.82) is 0 Å². The molecule has 0 atom stereocenters. The summed E-state index contributed by atoms with van der Waals surface area (Å²) in [6.45, 7) is 0. The first kappa shape index (κ1) is 14.8. The molecule has 4 rings (SSSR count). The van der Waals surface area contributed by atoms with Crippen LogP contribution in [0.2, 0.25) is 0 Å². The predicted molar refractivity (Wildman–Crippen MR) is 82.8 cm³/mol. The van der Waals surface area contributed by atoms with Gasteiger partial charge >= 0.3 is 11.9 Å². The van der Waals surface area contributed by atoms with Crippen LogP contribution in [-0.4, -0.2) is 42.3 Å². The van der Waals surface area contributed by atoms with Crippen molar-refractivity contribution < 1.29 is 19.3 Å². The summed E-state index contributed by atoms with van der Waals surface area (Å²) in [4.78, 5) is 35.7. The number of fused-ring (bicyclic) bond motifs is 2. The molecule has 0 amide bonds. The fraction of sp³-hybridized carbons (Fsp3) is 0.0667. The summed E-state index contributed by atoms with van der Waals surface area (Å²) in [7, 11) is 0. The zero-order chi connectivity index (χ0) is 17.2. The van der Waals surface area contributed by atoms with Gasteiger partial charge in [0.1, 0.15) is 28.5 Å². The van der Waals surface area contributed by atoms with E-state index in [4.69, 9.17) is 9.68 Å². The van der Waals surface area contributed by atoms with Crippen molar-refractivity contribution in [3.05, 3.63) is 48.5 Å². The van der Waals surface area contributed by atoms with Gasteiger partial charge in [0, 0.05) is 0 Å². The van der Waals surface area contributed by atoms with Crippen LogP contribution in [0.4, 0.5) is 0 Å². The molecule has 0 radical (unpaired) electrons. The Morgan fingerprint density at radius 3 is 1.68 bits per heavy atom. The van der Waals surface area contributed by atoms with Gasteiger partial charge in [-0.15, -0.1) is 10.2 Å². The molecule has 0 aliphatic heterocycles. The number of carbonyl (C=O) groups excluding carboxylic acids is 2. The van der Waals surface area contributed by atoms with Gasteiger partial charge in [-0.1, -0.05) is 34.0 Å². The van der Waals surface area contributed by atoms with Gasteiger partial charge in [0.15, 0.2) is 0 Å². The Morgan fingerprint density at radius 1 is 0.760 bits per heavy atom. The van der Waals surface area contributed by atoms with Gasteiger partial charge in [-0.05, 0) is 34.7 Å². The lowest BCUT2D eigenvalue weighted by atomic mass is 10.3. The van der Waals surface area contributed by atoms with Crippen molar-refractivity contribution in [3.63, 3.8) is 0 Å². The second kappa shape index (κ2) is 6.00. The average Bonchev–Trinajstić information content (AvgIpc) is 3.20. The van der Waals surface area contributed by atoms with Gasteiger partial charge in [0.25, 0.3) is 0 Å². The maximum atomic E-state index is 11.9. The van der Waals surface area contributed by atoms with E-state index in [1.54, 1.807) is 48.5 Å². The third-order valence-electron chi connectivity index (χ3n) is 3.31. The molecule has 2 heterocycles. The molecule has 0 spiro atoms. The van der Waals surface area contributed by atoms with Gasteiger partial charge in [-0.2, -0.15) is 0 Å². The van der Waals surface area contributed by atoms with Crippen molar-refractivity contribution in [3.8, 4) is 0 Å². The van der Waals surface area contributed by atoms with Gasteiger partial charge in [0.2, 0.25) is 0 Å². The molecule has 2 aromatic carbocycles. The molecule has 2 aromatic heterocycles. The van der Waals surface area contributed by atoms with E-state index >= 15 is 0 Å². The highest BCUT2D eigenvalue weighted by Crippen LogP contribution is 2.09. The van der Waals surface area contributed by atoms with Crippen LogP contribution in [0.5, 0.6) is 0 Å². The standard InChI is InChI=1S/C15H10N6O4/c22-14(24-20-12-7-3-1-5-10(12)16-18-20)9-15(23)25-21-13-8-4-2-6-11(13)17-19-21/h1-8H,9H2. The van der Waals surface area contributed by atoms with Crippen molar-refractivity contribution in [1.82, 2.24) is 30.3 Å². The number of rotatable bonds is 4. The molecule has 0 N–H and O–H groups in total. The highest BCUT2D eigenvalue weighted by Gasteiger charge is 2.18. The van der Waals surface area contributed by atoms with Crippen LogP contribution in [0.3, 0.4) is 0 Å². The quantitative estimate of drug-likeness (QED) is 0.382. The molecule has 0 fully saturated rings. The third kappa shape index (κ3) is 2.87. The summed E-state index contributed by atoms with van der Waals surface area (Å²) in [5, 5.41) is 15.1. The first-order chi connectivity index (χ1) is 12.2. The fourth-order valence-electron chi connectivity index (χ4n) is 2.21. The van der Waals surface area contributed by atoms with Crippen molar-refractivity contribution in [2.45, 2.75) is 6.42 Å². The van der Waals surface area contributed by atoms with E-state index in [0.717, 1.165) is 9.69 Å². The molecule has 0 unspecified atom stereocenters. The summed E-state index contributed by atoms with van der Waals surface area (Å²) in [6.07, 6.45) is -0.623. The summed E-state index contributed by atoms with van der Waals surface area (Å²) >= 11 is 0. The van der Waals surface area contributed by atoms with E-state index in [1.807, 2.05) is 0 Å². The molecular weight excluding hydrogens is 328 g/mol. The summed E-state index contributed by atoms with van der Waals surface area (Å²) < 4.78 is 0. The Hall–Kier alpha value is -3.82. The normalized spacial score (nSPS) is 10.9. The van der Waals surface area contributed by atoms with E-state index in [1.165, 1.54) is 0 Å². The Bertz CT molecular complexity index is 1000. The average molecular weight is 338 g/mol. The highest BCUT2D eigenvalue weighted by molar-refractivity contribution is 5.92. The Balaban J connectivity index is 1.43. The lowest BCUT2D eigenvalue weighted by Crippen LogP contribution is -2.28. The Morgan fingerprint density at radius 2 is 1.20 bits per heavy atom. The molecule has 10 heteroatoms.